The van der Waals surface area contributed by atoms with Crippen molar-refractivity contribution in [3.63, 3.8) is 0 Å². The number of hydrogen-bond acceptors (Lipinski definition) is 2. The van der Waals surface area contributed by atoms with Crippen molar-refractivity contribution in [3.8, 4) is 5.75 Å². The third-order valence-corrected chi connectivity index (χ3v) is 2.36. The van der Waals surface area contributed by atoms with Gasteiger partial charge in [0.25, 0.3) is 6.47 Å². The highest BCUT2D eigenvalue weighted by atomic mass is 16.5. The van der Waals surface area contributed by atoms with E-state index in [2.05, 4.69) is 19.9 Å². The van der Waals surface area contributed by atoms with Crippen molar-refractivity contribution < 1.29 is 9.53 Å². The molecule has 2 heteroatoms. The molecule has 0 radical (unpaired) electrons. The second-order valence-corrected chi connectivity index (χ2v) is 3.66. The Kier molecular flexibility index (Phi) is 4.88. The predicted molar refractivity (Wildman–Crippen MR) is 61.1 cm³/mol. The lowest BCUT2D eigenvalue weighted by Gasteiger charge is -2.08. The fourth-order valence-electron chi connectivity index (χ4n) is 1.71. The van der Waals surface area contributed by atoms with E-state index < -0.39 is 0 Å². The highest BCUT2D eigenvalue weighted by Gasteiger charge is 2.04. The maximum absolute atomic E-state index is 10.3. The van der Waals surface area contributed by atoms with E-state index in [0.29, 0.717) is 12.2 Å². The smallest absolute Gasteiger partial charge is 0.298 e. The Labute approximate surface area is 91.3 Å². The van der Waals surface area contributed by atoms with Gasteiger partial charge in [-0.3, -0.25) is 4.79 Å². The summed E-state index contributed by atoms with van der Waals surface area (Å²) in [5.41, 5.74) is 2.45. The van der Waals surface area contributed by atoms with Crippen molar-refractivity contribution >= 4 is 6.47 Å². The Morgan fingerprint density at radius 3 is 2.53 bits per heavy atom. The maximum atomic E-state index is 10.3. The molecule has 0 saturated heterocycles. The molecule has 0 spiro atoms. The van der Waals surface area contributed by atoms with Crippen molar-refractivity contribution in [3.05, 3.63) is 29.3 Å². The lowest BCUT2D eigenvalue weighted by molar-refractivity contribution is -0.120. The molecule has 0 saturated carbocycles. The molecule has 15 heavy (non-hydrogen) atoms. The quantitative estimate of drug-likeness (QED) is 0.668. The van der Waals surface area contributed by atoms with Gasteiger partial charge < -0.3 is 4.74 Å². The Morgan fingerprint density at radius 1 is 1.20 bits per heavy atom. The molecule has 0 aliphatic rings. The van der Waals surface area contributed by atoms with Gasteiger partial charge in [0, 0.05) is 0 Å². The molecule has 1 rings (SSSR count). The van der Waals surface area contributed by atoms with Crippen molar-refractivity contribution in [1.29, 1.82) is 0 Å². The second-order valence-electron chi connectivity index (χ2n) is 3.66. The molecule has 0 aliphatic heterocycles. The van der Waals surface area contributed by atoms with Gasteiger partial charge >= 0.3 is 0 Å². The minimum absolute atomic E-state index is 0.494. The van der Waals surface area contributed by atoms with Crippen molar-refractivity contribution in [1.82, 2.24) is 0 Å². The minimum atomic E-state index is 0.494. The van der Waals surface area contributed by atoms with Crippen LogP contribution >= 0.6 is 0 Å². The van der Waals surface area contributed by atoms with Gasteiger partial charge in [-0.2, -0.15) is 0 Å². The molecule has 2 nitrogen and oxygen atoms in total. The first kappa shape index (κ1) is 11.8. The summed E-state index contributed by atoms with van der Waals surface area (Å²) in [6, 6.07) is 6.07. The zero-order chi connectivity index (χ0) is 11.1. The topological polar surface area (TPSA) is 26.3 Å². The van der Waals surface area contributed by atoms with Crippen molar-refractivity contribution in [2.75, 3.05) is 0 Å². The van der Waals surface area contributed by atoms with Crippen LogP contribution in [0.15, 0.2) is 18.2 Å². The third-order valence-electron chi connectivity index (χ3n) is 2.36. The van der Waals surface area contributed by atoms with E-state index >= 15 is 0 Å². The molecule has 0 aromatic heterocycles. The van der Waals surface area contributed by atoms with E-state index in [0.717, 1.165) is 31.2 Å². The summed E-state index contributed by atoms with van der Waals surface area (Å²) >= 11 is 0. The van der Waals surface area contributed by atoms with Crippen LogP contribution in [-0.4, -0.2) is 6.47 Å². The Morgan fingerprint density at radius 2 is 1.93 bits per heavy atom. The molecule has 0 heterocycles. The number of ether oxygens (including phenoxy) is 1. The molecule has 0 amide bonds. The van der Waals surface area contributed by atoms with E-state index in [4.69, 9.17) is 4.74 Å². The van der Waals surface area contributed by atoms with Crippen LogP contribution in [0.3, 0.4) is 0 Å². The van der Waals surface area contributed by atoms with Crippen LogP contribution in [0.4, 0.5) is 0 Å². The molecule has 0 atom stereocenters. The van der Waals surface area contributed by atoms with Crippen LogP contribution in [0.1, 0.15) is 37.8 Å². The fraction of sp³-hybridized carbons (Fsp3) is 0.462. The van der Waals surface area contributed by atoms with Crippen LogP contribution in [0.5, 0.6) is 5.75 Å². The number of benzene rings is 1. The van der Waals surface area contributed by atoms with Crippen LogP contribution in [0.2, 0.25) is 0 Å². The lowest BCUT2D eigenvalue weighted by Crippen LogP contribution is -1.96. The first-order chi connectivity index (χ1) is 7.31. The zero-order valence-electron chi connectivity index (χ0n) is 9.45. The Balaban J connectivity index is 2.91. The van der Waals surface area contributed by atoms with E-state index in [1.807, 2.05) is 12.1 Å². The van der Waals surface area contributed by atoms with Gasteiger partial charge in [0.05, 0.1) is 0 Å². The molecule has 0 bridgehead atoms. The largest absolute Gasteiger partial charge is 0.428 e. The summed E-state index contributed by atoms with van der Waals surface area (Å²) in [6.07, 6.45) is 4.24. The van der Waals surface area contributed by atoms with Gasteiger partial charge in [-0.25, -0.2) is 0 Å². The standard InChI is InChI=1S/C13H18O2/c1-3-5-11-7-8-13(15-10-14)12(9-11)6-4-2/h7-10H,3-6H2,1-2H3. The van der Waals surface area contributed by atoms with Gasteiger partial charge in [-0.15, -0.1) is 0 Å². The molecule has 0 N–H and O–H groups in total. The number of carbonyl (C=O) groups is 1. The molecular weight excluding hydrogens is 188 g/mol. The lowest BCUT2D eigenvalue weighted by atomic mass is 10.0. The fourth-order valence-corrected chi connectivity index (χ4v) is 1.71. The molecule has 0 aliphatic carbocycles. The molecule has 0 unspecified atom stereocenters. The summed E-state index contributed by atoms with van der Waals surface area (Å²) in [4.78, 5) is 10.3. The zero-order valence-corrected chi connectivity index (χ0v) is 9.45. The summed E-state index contributed by atoms with van der Waals surface area (Å²) < 4.78 is 4.94. The van der Waals surface area contributed by atoms with Crippen molar-refractivity contribution in [2.24, 2.45) is 0 Å². The molecule has 82 valence electrons. The average Bonchev–Trinajstić information content (AvgIpc) is 2.23. The third kappa shape index (κ3) is 3.39. The summed E-state index contributed by atoms with van der Waals surface area (Å²) in [7, 11) is 0. The second kappa shape index (κ2) is 6.23. The van der Waals surface area contributed by atoms with Gasteiger partial charge in [-0.1, -0.05) is 38.8 Å². The minimum Gasteiger partial charge on any atom is -0.428 e. The van der Waals surface area contributed by atoms with Crippen LogP contribution in [0.25, 0.3) is 0 Å². The number of rotatable bonds is 6. The molecule has 0 fully saturated rings. The Bertz CT molecular complexity index is 318. The first-order valence-electron chi connectivity index (χ1n) is 5.53. The molecule has 1 aromatic carbocycles. The van der Waals surface area contributed by atoms with E-state index in [1.54, 1.807) is 0 Å². The van der Waals surface area contributed by atoms with Crippen molar-refractivity contribution in [2.45, 2.75) is 39.5 Å². The van der Waals surface area contributed by atoms with E-state index in [9.17, 15) is 4.79 Å². The Hall–Kier alpha value is -1.31. The maximum Gasteiger partial charge on any atom is 0.298 e. The number of aryl methyl sites for hydroxylation is 2. The van der Waals surface area contributed by atoms with Gasteiger partial charge in [-0.05, 0) is 30.0 Å². The van der Waals surface area contributed by atoms with Gasteiger partial charge in [0.15, 0.2) is 0 Å². The van der Waals surface area contributed by atoms with Crippen LogP contribution in [0, 0.1) is 0 Å². The highest BCUT2D eigenvalue weighted by molar-refractivity contribution is 5.49. The highest BCUT2D eigenvalue weighted by Crippen LogP contribution is 2.22. The first-order valence-corrected chi connectivity index (χ1v) is 5.53. The summed E-state index contributed by atoms with van der Waals surface area (Å²) in [6.45, 7) is 4.78. The van der Waals surface area contributed by atoms with E-state index in [-0.39, 0.29) is 0 Å². The van der Waals surface area contributed by atoms with E-state index in [1.165, 1.54) is 5.56 Å². The molecule has 1 aromatic rings. The van der Waals surface area contributed by atoms with Gasteiger partial charge in [0.2, 0.25) is 0 Å². The molecular formula is C13H18O2. The predicted octanol–water partition coefficient (Wildman–Crippen LogP) is 3.13. The van der Waals surface area contributed by atoms with Crippen LogP contribution in [-0.2, 0) is 17.6 Å². The average molecular weight is 206 g/mol. The number of carbonyl (C=O) groups excluding carboxylic acids is 1. The van der Waals surface area contributed by atoms with Crippen LogP contribution < -0.4 is 4.74 Å². The SMILES string of the molecule is CCCc1ccc(OC=O)c(CCC)c1. The number of hydrogen-bond donors (Lipinski definition) is 0. The van der Waals surface area contributed by atoms with Gasteiger partial charge in [0.1, 0.15) is 5.75 Å². The monoisotopic (exact) mass is 206 g/mol. The summed E-state index contributed by atoms with van der Waals surface area (Å²) in [5.74, 6) is 0.701. The normalized spacial score (nSPS) is 10.0. The summed E-state index contributed by atoms with van der Waals surface area (Å²) in [5, 5.41) is 0.